The first-order valence-corrected chi connectivity index (χ1v) is 8.05. The summed E-state index contributed by atoms with van der Waals surface area (Å²) < 4.78 is 6.89. The minimum atomic E-state index is -0.900. The second-order valence-electron chi connectivity index (χ2n) is 5.67. The molecule has 3 rings (SSSR count). The highest BCUT2D eigenvalue weighted by atomic mass is 16.5. The summed E-state index contributed by atoms with van der Waals surface area (Å²) in [5.41, 5.74) is 1.86. The van der Waals surface area contributed by atoms with E-state index in [0.29, 0.717) is 5.56 Å². The predicted octanol–water partition coefficient (Wildman–Crippen LogP) is 2.48. The van der Waals surface area contributed by atoms with Gasteiger partial charge in [-0.1, -0.05) is 18.2 Å². The molecule has 132 valence electrons. The molecule has 1 unspecified atom stereocenters. The topological polar surface area (TPSA) is 77.3 Å². The molecule has 0 bridgehead atoms. The Labute approximate surface area is 150 Å². The Hall–Kier alpha value is -3.48. The summed E-state index contributed by atoms with van der Waals surface area (Å²) in [5.74, 6) is -0.860. The van der Waals surface area contributed by atoms with Crippen LogP contribution in [0.3, 0.4) is 0 Å². The number of para-hydroxylation sites is 1. The second-order valence-corrected chi connectivity index (χ2v) is 5.67. The molecule has 0 aliphatic carbocycles. The molecule has 0 radical (unpaired) electrons. The zero-order valence-corrected chi connectivity index (χ0v) is 14.4. The average Bonchev–Trinajstić information content (AvgIpc) is 3.22. The lowest BCUT2D eigenvalue weighted by atomic mass is 10.2. The monoisotopic (exact) mass is 350 g/mol. The summed E-state index contributed by atoms with van der Waals surface area (Å²) in [4.78, 5) is 30.1. The van der Waals surface area contributed by atoms with Gasteiger partial charge in [-0.05, 0) is 43.3 Å². The van der Waals surface area contributed by atoms with Crippen LogP contribution >= 0.6 is 0 Å². The van der Waals surface area contributed by atoms with Crippen molar-refractivity contribution in [2.75, 3.05) is 11.9 Å². The molecule has 0 N–H and O–H groups in total. The van der Waals surface area contributed by atoms with E-state index in [2.05, 4.69) is 10.1 Å². The van der Waals surface area contributed by atoms with E-state index in [0.717, 1.165) is 11.4 Å². The van der Waals surface area contributed by atoms with E-state index in [-0.39, 0.29) is 5.91 Å². The maximum atomic E-state index is 12.4. The number of ether oxygens (including phenoxy) is 1. The number of rotatable bonds is 5. The first-order chi connectivity index (χ1) is 12.6. The van der Waals surface area contributed by atoms with Gasteiger partial charge in [-0.3, -0.25) is 4.79 Å². The molecule has 26 heavy (non-hydrogen) atoms. The highest BCUT2D eigenvalue weighted by Crippen LogP contribution is 2.15. The highest BCUT2D eigenvalue weighted by Gasteiger charge is 2.23. The van der Waals surface area contributed by atoms with Gasteiger partial charge in [-0.25, -0.2) is 14.5 Å². The minimum absolute atomic E-state index is 0.302. The fraction of sp³-hybridized carbons (Fsp3) is 0.158. The van der Waals surface area contributed by atoms with Crippen LogP contribution in [0.4, 0.5) is 5.69 Å². The molecule has 0 saturated carbocycles. The molecule has 2 aromatic carbocycles. The van der Waals surface area contributed by atoms with Crippen LogP contribution in [0.15, 0.2) is 67.3 Å². The summed E-state index contributed by atoms with van der Waals surface area (Å²) in [7, 11) is 1.65. The molecule has 7 heteroatoms. The van der Waals surface area contributed by atoms with E-state index < -0.39 is 12.1 Å². The molecule has 0 aliphatic rings. The van der Waals surface area contributed by atoms with Gasteiger partial charge in [0.15, 0.2) is 6.10 Å². The van der Waals surface area contributed by atoms with E-state index in [9.17, 15) is 9.59 Å². The number of aromatic nitrogens is 3. The van der Waals surface area contributed by atoms with Crippen LogP contribution in [-0.4, -0.2) is 39.8 Å². The van der Waals surface area contributed by atoms with Crippen molar-refractivity contribution in [2.45, 2.75) is 13.0 Å². The van der Waals surface area contributed by atoms with Gasteiger partial charge in [0.1, 0.15) is 12.7 Å². The smallest absolute Gasteiger partial charge is 0.338 e. The quantitative estimate of drug-likeness (QED) is 0.661. The lowest BCUT2D eigenvalue weighted by Crippen LogP contribution is -2.37. The molecule has 0 fully saturated rings. The minimum Gasteiger partial charge on any atom is -0.449 e. The zero-order valence-electron chi connectivity index (χ0n) is 14.4. The first-order valence-electron chi connectivity index (χ1n) is 8.05. The number of anilines is 1. The molecule has 0 spiro atoms. The molecule has 1 atom stereocenters. The number of amides is 1. The van der Waals surface area contributed by atoms with Crippen LogP contribution < -0.4 is 4.90 Å². The van der Waals surface area contributed by atoms with Crippen molar-refractivity contribution in [2.24, 2.45) is 0 Å². The van der Waals surface area contributed by atoms with Crippen LogP contribution in [0.5, 0.6) is 0 Å². The molecule has 3 aromatic rings. The van der Waals surface area contributed by atoms with Crippen LogP contribution in [0, 0.1) is 0 Å². The van der Waals surface area contributed by atoms with Gasteiger partial charge in [-0.2, -0.15) is 5.10 Å². The molecular formula is C19H18N4O3. The largest absolute Gasteiger partial charge is 0.449 e. The number of hydrogen-bond donors (Lipinski definition) is 0. The van der Waals surface area contributed by atoms with Crippen LogP contribution in [0.1, 0.15) is 17.3 Å². The number of nitrogens with zero attached hydrogens (tertiary/aromatic N) is 4. The van der Waals surface area contributed by atoms with Gasteiger partial charge >= 0.3 is 5.97 Å². The summed E-state index contributed by atoms with van der Waals surface area (Å²) >= 11 is 0. The number of benzene rings is 2. The Morgan fingerprint density at radius 3 is 2.38 bits per heavy atom. The van der Waals surface area contributed by atoms with E-state index in [1.54, 1.807) is 49.2 Å². The maximum absolute atomic E-state index is 12.4. The predicted molar refractivity (Wildman–Crippen MR) is 96.1 cm³/mol. The molecule has 0 saturated heterocycles. The van der Waals surface area contributed by atoms with Crippen molar-refractivity contribution >= 4 is 17.6 Å². The van der Waals surface area contributed by atoms with Gasteiger partial charge in [-0.15, -0.1) is 0 Å². The van der Waals surface area contributed by atoms with E-state index in [1.807, 2.05) is 30.3 Å². The fourth-order valence-electron chi connectivity index (χ4n) is 2.42. The van der Waals surface area contributed by atoms with Crippen LogP contribution in [0.25, 0.3) is 5.69 Å². The lowest BCUT2D eigenvalue weighted by molar-refractivity contribution is -0.126. The molecule has 0 aliphatic heterocycles. The van der Waals surface area contributed by atoms with Crippen molar-refractivity contribution in [3.8, 4) is 5.69 Å². The third kappa shape index (κ3) is 3.77. The third-order valence-electron chi connectivity index (χ3n) is 3.89. The lowest BCUT2D eigenvalue weighted by Gasteiger charge is -2.21. The van der Waals surface area contributed by atoms with Crippen LogP contribution in [-0.2, 0) is 9.53 Å². The van der Waals surface area contributed by atoms with E-state index in [4.69, 9.17) is 4.74 Å². The van der Waals surface area contributed by atoms with Crippen LogP contribution in [0.2, 0.25) is 0 Å². The summed E-state index contributed by atoms with van der Waals surface area (Å²) in [6, 6.07) is 15.9. The Balaban J connectivity index is 1.64. The summed E-state index contributed by atoms with van der Waals surface area (Å²) in [6.45, 7) is 1.56. The number of esters is 1. The summed E-state index contributed by atoms with van der Waals surface area (Å²) in [6.07, 6.45) is 2.09. The normalized spacial score (nSPS) is 11.6. The molecule has 7 nitrogen and oxygen atoms in total. The second kappa shape index (κ2) is 7.60. The Kier molecular flexibility index (Phi) is 5.07. The van der Waals surface area contributed by atoms with Gasteiger partial charge in [0.05, 0.1) is 11.3 Å². The zero-order chi connectivity index (χ0) is 18.5. The SMILES string of the molecule is CC(OC(=O)c1ccc(-n2cncn2)cc1)C(=O)N(C)c1ccccc1. The highest BCUT2D eigenvalue weighted by molar-refractivity contribution is 5.98. The summed E-state index contributed by atoms with van der Waals surface area (Å²) in [5, 5.41) is 4.02. The first kappa shape index (κ1) is 17.3. The number of likely N-dealkylation sites (N-methyl/N-ethyl adjacent to an activating group) is 1. The number of hydrogen-bond acceptors (Lipinski definition) is 5. The Bertz CT molecular complexity index is 877. The van der Waals surface area contributed by atoms with Crippen molar-refractivity contribution in [1.82, 2.24) is 14.8 Å². The molecule has 1 aromatic heterocycles. The molecule has 1 amide bonds. The maximum Gasteiger partial charge on any atom is 0.338 e. The van der Waals surface area contributed by atoms with Gasteiger partial charge < -0.3 is 9.64 Å². The fourth-order valence-corrected chi connectivity index (χ4v) is 2.42. The Morgan fingerprint density at radius 2 is 1.77 bits per heavy atom. The molecular weight excluding hydrogens is 332 g/mol. The average molecular weight is 350 g/mol. The van der Waals surface area contributed by atoms with Crippen molar-refractivity contribution < 1.29 is 14.3 Å². The molecule has 1 heterocycles. The number of carbonyl (C=O) groups is 2. The van der Waals surface area contributed by atoms with E-state index >= 15 is 0 Å². The third-order valence-corrected chi connectivity index (χ3v) is 3.89. The van der Waals surface area contributed by atoms with Gasteiger partial charge in [0.25, 0.3) is 5.91 Å². The van der Waals surface area contributed by atoms with Gasteiger partial charge in [0.2, 0.25) is 0 Å². The van der Waals surface area contributed by atoms with Crippen molar-refractivity contribution in [3.05, 3.63) is 72.8 Å². The van der Waals surface area contributed by atoms with Gasteiger partial charge in [0, 0.05) is 12.7 Å². The van der Waals surface area contributed by atoms with Crippen molar-refractivity contribution in [1.29, 1.82) is 0 Å². The standard InChI is InChI=1S/C19H18N4O3/c1-14(18(24)22(2)16-6-4-3-5-7-16)26-19(25)15-8-10-17(11-9-15)23-13-20-12-21-23/h3-14H,1-2H3. The van der Waals surface area contributed by atoms with E-state index in [1.165, 1.54) is 11.2 Å². The Morgan fingerprint density at radius 1 is 1.08 bits per heavy atom. The number of carbonyl (C=O) groups excluding carboxylic acids is 2. The van der Waals surface area contributed by atoms with Crippen molar-refractivity contribution in [3.63, 3.8) is 0 Å².